The highest BCUT2D eigenvalue weighted by atomic mass is 32.2. The second kappa shape index (κ2) is 27.7. The molecule has 31 heteroatoms. The van der Waals surface area contributed by atoms with Crippen LogP contribution in [0.25, 0.3) is 56.8 Å². The summed E-state index contributed by atoms with van der Waals surface area (Å²) >= 11 is 0. The number of aromatic hydroxyl groups is 1. The van der Waals surface area contributed by atoms with Crippen LogP contribution >= 0.6 is 0 Å². The molecule has 9 aromatic heterocycles. The summed E-state index contributed by atoms with van der Waals surface area (Å²) in [6.07, 6.45) is 16.9. The quantitative estimate of drug-likeness (QED) is 0.0670. The lowest BCUT2D eigenvalue weighted by Crippen LogP contribution is -2.38. The molecule has 6 aliphatic carbocycles. The molecule has 0 saturated heterocycles. The Hall–Kier alpha value is -11.5. The van der Waals surface area contributed by atoms with Gasteiger partial charge in [0.25, 0.3) is 5.95 Å². The molecule has 114 heavy (non-hydrogen) atoms. The minimum atomic E-state index is -2.16. The second-order valence-corrected chi connectivity index (χ2v) is 37.8. The van der Waals surface area contributed by atoms with Gasteiger partial charge in [-0.2, -0.15) is 20.0 Å². The lowest BCUT2D eigenvalue weighted by Gasteiger charge is -2.37. The predicted octanol–water partition coefficient (Wildman–Crippen LogP) is 13.6. The summed E-state index contributed by atoms with van der Waals surface area (Å²) < 4.78 is 115. The fourth-order valence-electron chi connectivity index (χ4n) is 19.0. The summed E-state index contributed by atoms with van der Waals surface area (Å²) in [6.45, 7) is 15.1. The summed E-state index contributed by atoms with van der Waals surface area (Å²) in [5, 5.41) is 54.5. The zero-order valence-corrected chi connectivity index (χ0v) is 65.3. The minimum Gasteiger partial charge on any atom is -0.505 e. The number of benzene rings is 3. The van der Waals surface area contributed by atoms with Gasteiger partial charge in [-0.3, -0.25) is 13.4 Å². The average Bonchev–Trinajstić information content (AvgIpc) is 1.53. The van der Waals surface area contributed by atoms with Crippen molar-refractivity contribution < 1.29 is 49.8 Å². The molecule has 23 nitrogen and oxygen atoms in total. The van der Waals surface area contributed by atoms with Crippen molar-refractivity contribution in [3.8, 4) is 62.5 Å². The largest absolute Gasteiger partial charge is 0.505 e. The molecule has 3 saturated carbocycles. The number of carboxylic acid groups (broad SMARTS) is 1. The first-order chi connectivity index (χ1) is 54.1. The van der Waals surface area contributed by atoms with Crippen LogP contribution in [0.5, 0.6) is 5.75 Å². The maximum Gasteiger partial charge on any atom is 0.373 e. The van der Waals surface area contributed by atoms with Crippen molar-refractivity contribution in [1.29, 1.82) is 0 Å². The maximum atomic E-state index is 14.7. The van der Waals surface area contributed by atoms with E-state index in [1.807, 2.05) is 49.4 Å². The normalized spacial score (nSPS) is 22.2. The lowest BCUT2D eigenvalue weighted by molar-refractivity contribution is 0.0683. The molecular formula is C83H78F6N18O5S2. The number of rotatable bonds is 16. The fourth-order valence-corrected chi connectivity index (χ4v) is 20.3. The zero-order chi connectivity index (χ0) is 80.7. The number of aryl methyl sites for hydroxylation is 3. The minimum absolute atomic E-state index is 0.0370. The van der Waals surface area contributed by atoms with Crippen LogP contribution in [0, 0.1) is 58.1 Å². The van der Waals surface area contributed by atoms with Crippen molar-refractivity contribution in [3.63, 3.8) is 0 Å². The van der Waals surface area contributed by atoms with Crippen LogP contribution in [-0.2, 0) is 48.1 Å². The van der Waals surface area contributed by atoms with E-state index >= 15 is 0 Å². The Bertz CT molecular complexity index is 6140. The molecule has 0 amide bonds. The van der Waals surface area contributed by atoms with E-state index in [1.165, 1.54) is 59.8 Å². The molecule has 3 fully saturated rings. The standard InChI is InChI=1S/C29H30F2N6OS.C27H27F2N7O2S.C27H21F2N5O2/c1-17-9-10-23(33-27(17)37-16-32-24(36-37)12-14-39(4,5)38)29-13-11-19(28(29,2)3)18-15-22(34-35-26(18)29)25-20(30)7-6-8-21(25)31;1-26(2)16-7-10-27(26,24-15(16)13-18(33-34-24)22-17(28)5-6-19(37)23(22)29)20-8-11-30-25(32-20)36-14-31-21(35-36)9-12-39(3,4)38;1-26(2)16-9-10-27(26,21-8-4-7-19(32-21)14-12-30-24(25(35)36)31-13-14)23-15(16)11-20(33-34-23)22-17(28)5-3-6-18(22)29/h6-10,15-16,19H,4,11-14H2,1-3,5H3;5-6,8,11,13-14,16,37H,3,7,9-10,12H2,1-2,4H3;3-8,11-13,16H,9-10H2,1-2H3,(H,35,36)/t19-,29-,39?;16-,27-,39?;16-,27-/m000/s1. The monoisotopic (exact) mass is 1580 g/mol. The van der Waals surface area contributed by atoms with Crippen molar-refractivity contribution in [2.45, 2.75) is 134 Å². The van der Waals surface area contributed by atoms with Gasteiger partial charge in [-0.05, 0) is 211 Å². The number of phenols is 1. The van der Waals surface area contributed by atoms with Crippen LogP contribution in [0.1, 0.15) is 177 Å². The highest BCUT2D eigenvalue weighted by molar-refractivity contribution is 7.99. The van der Waals surface area contributed by atoms with Gasteiger partial charge in [0, 0.05) is 61.0 Å². The van der Waals surface area contributed by atoms with Crippen LogP contribution in [0.4, 0.5) is 26.3 Å². The van der Waals surface area contributed by atoms with Crippen LogP contribution in [0.2, 0.25) is 0 Å². The van der Waals surface area contributed by atoms with Crippen molar-refractivity contribution in [3.05, 3.63) is 243 Å². The number of fused-ring (bicyclic) bond motifs is 15. The molecule has 3 aromatic carbocycles. The first kappa shape index (κ1) is 76.5. The summed E-state index contributed by atoms with van der Waals surface area (Å²) in [6, 6.07) is 26.4. The topological polar surface area (TPSA) is 308 Å². The van der Waals surface area contributed by atoms with E-state index in [4.69, 9.17) is 20.1 Å². The molecule has 12 aromatic rings. The molecule has 8 atom stereocenters. The first-order valence-electron chi connectivity index (χ1n) is 37.1. The van der Waals surface area contributed by atoms with E-state index in [0.717, 1.165) is 107 Å². The number of phenolic OH excluding ortho intramolecular Hbond substituents is 1. The Morgan fingerprint density at radius 2 is 0.939 bits per heavy atom. The highest BCUT2D eigenvalue weighted by Gasteiger charge is 2.68. The molecule has 0 spiro atoms. The van der Waals surface area contributed by atoms with E-state index in [0.29, 0.717) is 59.0 Å². The Morgan fingerprint density at radius 1 is 0.509 bits per heavy atom. The number of carboxylic acids is 1. The van der Waals surface area contributed by atoms with Gasteiger partial charge in [-0.25, -0.2) is 70.7 Å². The SMILES string of the molecule is C=S(C)(=O)CCc1ncn(-c2nc([C@@]34CC[C@@H](c5cc(-c6c(F)cccc6F)nnc53)C4(C)C)ccc2C)n1.C=S(C)(=O)CCc1ncn(-c2nccc([C@@]34CC[C@@H](c5cc(-c6c(F)ccc(O)c6F)nnc53)C4(C)C)n2)n1.CC1(C)[C@H]2CC[C@]1(c1cccc(-c3cnc(C(=O)O)nc3)n1)c1nnc(-c3c(F)cccc3F)cc12. The molecule has 18 rings (SSSR count). The van der Waals surface area contributed by atoms with E-state index in [-0.39, 0.29) is 68.0 Å². The lowest BCUT2D eigenvalue weighted by atomic mass is 9.66. The van der Waals surface area contributed by atoms with Gasteiger partial charge in [0.15, 0.2) is 29.0 Å². The van der Waals surface area contributed by atoms with Crippen molar-refractivity contribution >= 4 is 36.8 Å². The van der Waals surface area contributed by atoms with Gasteiger partial charge in [-0.15, -0.1) is 25.5 Å². The zero-order valence-electron chi connectivity index (χ0n) is 63.7. The molecule has 9 heterocycles. The fraction of sp³-hybridized carbons (Fsp3) is 0.337. The summed E-state index contributed by atoms with van der Waals surface area (Å²) in [5.41, 5.74) is 6.89. The van der Waals surface area contributed by atoms with Crippen LogP contribution in [0.3, 0.4) is 0 Å². The van der Waals surface area contributed by atoms with Crippen LogP contribution in [0.15, 0.2) is 134 Å². The number of halogens is 6. The van der Waals surface area contributed by atoms with Gasteiger partial charge < -0.3 is 10.2 Å². The Kier molecular flexibility index (Phi) is 18.6. The Balaban J connectivity index is 0.000000129. The molecule has 2 N–H and O–H groups in total. The summed E-state index contributed by atoms with van der Waals surface area (Å²) in [5.74, 6) is 3.96. The number of hydrogen-bond acceptors (Lipinski definition) is 20. The number of pyridine rings is 2. The van der Waals surface area contributed by atoms with E-state index < -0.39 is 87.5 Å². The molecule has 6 aliphatic rings. The van der Waals surface area contributed by atoms with Crippen molar-refractivity contribution in [2.75, 3.05) is 24.0 Å². The van der Waals surface area contributed by atoms with Gasteiger partial charge in [-0.1, -0.05) is 65.8 Å². The molecule has 584 valence electrons. The Morgan fingerprint density at radius 3 is 1.41 bits per heavy atom. The van der Waals surface area contributed by atoms with Crippen LogP contribution < -0.4 is 0 Å². The van der Waals surface area contributed by atoms with E-state index in [2.05, 4.69) is 119 Å². The smallest absolute Gasteiger partial charge is 0.373 e. The summed E-state index contributed by atoms with van der Waals surface area (Å²) in [4.78, 5) is 47.0. The third-order valence-corrected chi connectivity index (χ3v) is 27.0. The molecule has 2 unspecified atom stereocenters. The molecular weight excluding hydrogens is 1510 g/mol. The Labute approximate surface area is 652 Å². The van der Waals surface area contributed by atoms with Crippen molar-refractivity contribution in [2.24, 2.45) is 16.2 Å². The summed E-state index contributed by atoms with van der Waals surface area (Å²) in [7, 11) is -4.30. The number of aromatic carboxylic acids is 1. The molecule has 6 bridgehead atoms. The van der Waals surface area contributed by atoms with E-state index in [9.17, 15) is 44.7 Å². The highest BCUT2D eigenvalue weighted by Crippen LogP contribution is 2.72. The van der Waals surface area contributed by atoms with Crippen molar-refractivity contribution in [1.82, 2.24) is 90.0 Å². The molecule has 0 aliphatic heterocycles. The number of nitrogens with zero attached hydrogens (tertiary/aromatic N) is 18. The van der Waals surface area contributed by atoms with Gasteiger partial charge in [0.2, 0.25) is 5.82 Å². The predicted molar refractivity (Wildman–Crippen MR) is 416 cm³/mol. The number of aromatic nitrogens is 18. The van der Waals surface area contributed by atoms with E-state index in [1.54, 1.807) is 41.9 Å². The average molecular weight is 1590 g/mol. The van der Waals surface area contributed by atoms with Gasteiger partial charge in [0.05, 0.1) is 89.9 Å². The van der Waals surface area contributed by atoms with Crippen LogP contribution in [-0.4, -0.2) is 150 Å². The van der Waals surface area contributed by atoms with Gasteiger partial charge in [0.1, 0.15) is 41.7 Å². The number of carbonyl (C=O) groups is 1. The third-order valence-electron chi connectivity index (χ3n) is 24.8. The third kappa shape index (κ3) is 12.3. The second-order valence-electron chi connectivity index (χ2n) is 32.3. The molecule has 0 radical (unpaired) electrons. The maximum absolute atomic E-state index is 14.7. The van der Waals surface area contributed by atoms with Gasteiger partial charge >= 0.3 is 5.97 Å². The number of hydrogen-bond donors (Lipinski definition) is 2. The first-order valence-corrected chi connectivity index (χ1v) is 41.7.